The molecule has 1 aromatic heterocycles. The molecule has 0 aliphatic rings. The zero-order chi connectivity index (χ0) is 9.68. The van der Waals surface area contributed by atoms with Crippen LogP contribution in [-0.4, -0.2) is 11.5 Å². The van der Waals surface area contributed by atoms with Gasteiger partial charge < -0.3 is 5.32 Å². The van der Waals surface area contributed by atoms with Crippen molar-refractivity contribution in [1.29, 1.82) is 0 Å². The van der Waals surface area contributed by atoms with Gasteiger partial charge in [-0.25, -0.2) is 0 Å². The minimum absolute atomic E-state index is 0.663. The number of hydrogen-bond donors (Lipinski definition) is 1. The Morgan fingerprint density at radius 2 is 2.38 bits per heavy atom. The van der Waals surface area contributed by atoms with E-state index in [1.54, 1.807) is 18.5 Å². The standard InChI is InChI=1S/C10H15ClN2/c1-3-8(2)6-13-10-7-12-5-4-9(10)11/h4-5,7-8,13H,3,6H2,1-2H3. The van der Waals surface area contributed by atoms with Gasteiger partial charge in [-0.05, 0) is 12.0 Å². The van der Waals surface area contributed by atoms with Gasteiger partial charge in [0.05, 0.1) is 16.9 Å². The molecule has 1 N–H and O–H groups in total. The molecule has 0 bridgehead atoms. The highest BCUT2D eigenvalue weighted by Crippen LogP contribution is 2.19. The molecule has 0 aliphatic carbocycles. The summed E-state index contributed by atoms with van der Waals surface area (Å²) in [6.45, 7) is 5.33. The first-order chi connectivity index (χ1) is 6.24. The first kappa shape index (κ1) is 10.3. The molecule has 0 spiro atoms. The van der Waals surface area contributed by atoms with Crippen LogP contribution in [0.15, 0.2) is 18.5 Å². The largest absolute Gasteiger partial charge is 0.382 e. The fourth-order valence-electron chi connectivity index (χ4n) is 0.936. The lowest BCUT2D eigenvalue weighted by Crippen LogP contribution is -2.10. The number of nitrogens with one attached hydrogen (secondary N) is 1. The Bertz CT molecular complexity index is 263. The minimum atomic E-state index is 0.663. The summed E-state index contributed by atoms with van der Waals surface area (Å²) in [5, 5.41) is 4.00. The zero-order valence-electron chi connectivity index (χ0n) is 8.05. The van der Waals surface area contributed by atoms with Crippen LogP contribution >= 0.6 is 11.6 Å². The summed E-state index contributed by atoms with van der Waals surface area (Å²) in [6, 6.07) is 1.79. The Morgan fingerprint density at radius 3 is 3.00 bits per heavy atom. The van der Waals surface area contributed by atoms with Gasteiger partial charge in [-0.1, -0.05) is 31.9 Å². The van der Waals surface area contributed by atoms with E-state index in [4.69, 9.17) is 11.6 Å². The van der Waals surface area contributed by atoms with Crippen molar-refractivity contribution in [1.82, 2.24) is 4.98 Å². The van der Waals surface area contributed by atoms with Crippen LogP contribution in [0, 0.1) is 5.92 Å². The summed E-state index contributed by atoms with van der Waals surface area (Å²) in [6.07, 6.45) is 4.62. The van der Waals surface area contributed by atoms with Crippen LogP contribution in [-0.2, 0) is 0 Å². The predicted molar refractivity (Wildman–Crippen MR) is 57.2 cm³/mol. The molecule has 0 aromatic carbocycles. The molecule has 1 heterocycles. The van der Waals surface area contributed by atoms with Crippen molar-refractivity contribution in [3.05, 3.63) is 23.5 Å². The molecule has 13 heavy (non-hydrogen) atoms. The Balaban J connectivity index is 2.50. The van der Waals surface area contributed by atoms with E-state index < -0.39 is 0 Å². The van der Waals surface area contributed by atoms with Crippen LogP contribution in [0.1, 0.15) is 20.3 Å². The lowest BCUT2D eigenvalue weighted by Gasteiger charge is -2.11. The van der Waals surface area contributed by atoms with Gasteiger partial charge in [0.1, 0.15) is 0 Å². The second-order valence-electron chi connectivity index (χ2n) is 3.25. The molecule has 1 rings (SSSR count). The van der Waals surface area contributed by atoms with Gasteiger partial charge in [0.15, 0.2) is 0 Å². The van der Waals surface area contributed by atoms with Gasteiger partial charge in [0.25, 0.3) is 0 Å². The van der Waals surface area contributed by atoms with Crippen molar-refractivity contribution in [2.24, 2.45) is 5.92 Å². The Labute approximate surface area is 84.3 Å². The van der Waals surface area contributed by atoms with Crippen LogP contribution in [0.2, 0.25) is 5.02 Å². The van der Waals surface area contributed by atoms with Crippen molar-refractivity contribution < 1.29 is 0 Å². The molecule has 0 saturated heterocycles. The van der Waals surface area contributed by atoms with E-state index in [1.165, 1.54) is 6.42 Å². The molecule has 72 valence electrons. The van der Waals surface area contributed by atoms with Crippen LogP contribution in [0.3, 0.4) is 0 Å². The van der Waals surface area contributed by atoms with E-state index >= 15 is 0 Å². The Morgan fingerprint density at radius 1 is 1.62 bits per heavy atom. The molecule has 2 nitrogen and oxygen atoms in total. The summed E-state index contributed by atoms with van der Waals surface area (Å²) >= 11 is 5.95. The molecule has 0 aliphatic heterocycles. The van der Waals surface area contributed by atoms with Gasteiger partial charge in [-0.3, -0.25) is 4.98 Å². The third-order valence-electron chi connectivity index (χ3n) is 2.11. The zero-order valence-corrected chi connectivity index (χ0v) is 8.80. The SMILES string of the molecule is CCC(C)CNc1cnccc1Cl. The maximum Gasteiger partial charge on any atom is 0.0716 e. The molecular formula is C10H15ClN2. The minimum Gasteiger partial charge on any atom is -0.382 e. The fraction of sp³-hybridized carbons (Fsp3) is 0.500. The van der Waals surface area contributed by atoms with E-state index in [-0.39, 0.29) is 0 Å². The second-order valence-corrected chi connectivity index (χ2v) is 3.66. The van der Waals surface area contributed by atoms with Crippen molar-refractivity contribution in [3.63, 3.8) is 0 Å². The smallest absolute Gasteiger partial charge is 0.0716 e. The Hall–Kier alpha value is -0.760. The number of aromatic nitrogens is 1. The molecule has 0 saturated carbocycles. The fourth-order valence-corrected chi connectivity index (χ4v) is 1.11. The molecule has 3 heteroatoms. The van der Waals surface area contributed by atoms with Gasteiger partial charge >= 0.3 is 0 Å². The van der Waals surface area contributed by atoms with Crippen LogP contribution < -0.4 is 5.32 Å². The lowest BCUT2D eigenvalue weighted by molar-refractivity contribution is 0.593. The molecule has 0 amide bonds. The number of rotatable bonds is 4. The van der Waals surface area contributed by atoms with Gasteiger partial charge in [-0.15, -0.1) is 0 Å². The van der Waals surface area contributed by atoms with E-state index in [2.05, 4.69) is 24.1 Å². The van der Waals surface area contributed by atoms with E-state index in [1.807, 2.05) is 0 Å². The number of halogens is 1. The molecule has 0 radical (unpaired) electrons. The van der Waals surface area contributed by atoms with Crippen LogP contribution in [0.5, 0.6) is 0 Å². The predicted octanol–water partition coefficient (Wildman–Crippen LogP) is 3.19. The third kappa shape index (κ3) is 3.23. The normalized spacial score (nSPS) is 12.5. The summed E-state index contributed by atoms with van der Waals surface area (Å²) < 4.78 is 0. The Kier molecular flexibility index (Phi) is 4.03. The number of anilines is 1. The summed E-state index contributed by atoms with van der Waals surface area (Å²) in [7, 11) is 0. The van der Waals surface area contributed by atoms with Gasteiger partial charge in [0.2, 0.25) is 0 Å². The highest BCUT2D eigenvalue weighted by Gasteiger charge is 2.01. The van der Waals surface area contributed by atoms with Gasteiger partial charge in [-0.2, -0.15) is 0 Å². The summed E-state index contributed by atoms with van der Waals surface area (Å²) in [5.74, 6) is 0.663. The first-order valence-corrected chi connectivity index (χ1v) is 4.95. The first-order valence-electron chi connectivity index (χ1n) is 4.57. The lowest BCUT2D eigenvalue weighted by atomic mass is 10.1. The molecular weight excluding hydrogens is 184 g/mol. The number of pyridine rings is 1. The highest BCUT2D eigenvalue weighted by atomic mass is 35.5. The van der Waals surface area contributed by atoms with Crippen LogP contribution in [0.25, 0.3) is 0 Å². The average molecular weight is 199 g/mol. The molecule has 1 aromatic rings. The van der Waals surface area contributed by atoms with Crippen molar-refractivity contribution in [2.75, 3.05) is 11.9 Å². The topological polar surface area (TPSA) is 24.9 Å². The van der Waals surface area contributed by atoms with Crippen molar-refractivity contribution in [2.45, 2.75) is 20.3 Å². The van der Waals surface area contributed by atoms with E-state index in [9.17, 15) is 0 Å². The third-order valence-corrected chi connectivity index (χ3v) is 2.44. The highest BCUT2D eigenvalue weighted by molar-refractivity contribution is 6.33. The average Bonchev–Trinajstić information content (AvgIpc) is 2.16. The summed E-state index contributed by atoms with van der Waals surface area (Å²) in [5.41, 5.74) is 0.921. The summed E-state index contributed by atoms with van der Waals surface area (Å²) in [4.78, 5) is 4.00. The quantitative estimate of drug-likeness (QED) is 0.804. The van der Waals surface area contributed by atoms with Gasteiger partial charge in [0, 0.05) is 12.7 Å². The monoisotopic (exact) mass is 198 g/mol. The molecule has 1 atom stereocenters. The molecule has 0 fully saturated rings. The molecule has 1 unspecified atom stereocenters. The van der Waals surface area contributed by atoms with Crippen molar-refractivity contribution in [3.8, 4) is 0 Å². The van der Waals surface area contributed by atoms with Crippen molar-refractivity contribution >= 4 is 17.3 Å². The van der Waals surface area contributed by atoms with E-state index in [0.717, 1.165) is 17.3 Å². The van der Waals surface area contributed by atoms with Crippen LogP contribution in [0.4, 0.5) is 5.69 Å². The number of nitrogens with zero attached hydrogens (tertiary/aromatic N) is 1. The van der Waals surface area contributed by atoms with E-state index in [0.29, 0.717) is 5.92 Å². The maximum atomic E-state index is 5.95. The second kappa shape index (κ2) is 5.07. The number of hydrogen-bond acceptors (Lipinski definition) is 2. The maximum absolute atomic E-state index is 5.95.